The summed E-state index contributed by atoms with van der Waals surface area (Å²) in [6, 6.07) is 7.03. The first-order valence-corrected chi connectivity index (χ1v) is 8.40. The van der Waals surface area contributed by atoms with Crippen molar-refractivity contribution in [2.45, 2.75) is 18.4 Å². The molecule has 0 aromatic heterocycles. The molecule has 0 spiro atoms. The van der Waals surface area contributed by atoms with Crippen molar-refractivity contribution in [1.82, 2.24) is 4.90 Å². The molecule has 4 rings (SSSR count). The van der Waals surface area contributed by atoms with Gasteiger partial charge in [-0.05, 0) is 37.1 Å². The Morgan fingerprint density at radius 3 is 2.36 bits per heavy atom. The van der Waals surface area contributed by atoms with Gasteiger partial charge in [-0.1, -0.05) is 0 Å². The average molecular weight is 344 g/mol. The number of ether oxygens (including phenoxy) is 1. The number of nitrogens with zero attached hydrogens (tertiary/aromatic N) is 3. The van der Waals surface area contributed by atoms with Crippen molar-refractivity contribution < 1.29 is 19.1 Å². The Balaban J connectivity index is 1.58. The molecule has 3 heterocycles. The van der Waals surface area contributed by atoms with Gasteiger partial charge in [0.2, 0.25) is 5.91 Å². The van der Waals surface area contributed by atoms with Crippen LogP contribution in [0, 0.1) is 0 Å². The molecule has 0 saturated carbocycles. The first kappa shape index (κ1) is 15.9. The fraction of sp³-hybridized carbons (Fsp3) is 0.471. The Kier molecular flexibility index (Phi) is 3.64. The molecule has 3 aliphatic heterocycles. The van der Waals surface area contributed by atoms with Crippen LogP contribution in [-0.4, -0.2) is 61.1 Å². The maximum atomic E-state index is 12.7. The second-order valence-corrected chi connectivity index (χ2v) is 6.63. The van der Waals surface area contributed by atoms with E-state index in [1.807, 2.05) is 12.1 Å². The summed E-state index contributed by atoms with van der Waals surface area (Å²) < 4.78 is 5.14. The van der Waals surface area contributed by atoms with Gasteiger partial charge in [0.1, 0.15) is 12.1 Å². The number of anilines is 2. The van der Waals surface area contributed by atoms with Gasteiger partial charge in [0.25, 0.3) is 5.91 Å². The number of carbonyl (C=O) groups is 3. The molecule has 0 aliphatic carbocycles. The zero-order valence-corrected chi connectivity index (χ0v) is 13.8. The highest BCUT2D eigenvalue weighted by atomic mass is 16.5. The van der Waals surface area contributed by atoms with Crippen LogP contribution in [0.2, 0.25) is 0 Å². The van der Waals surface area contributed by atoms with Crippen LogP contribution in [0.1, 0.15) is 12.8 Å². The van der Waals surface area contributed by atoms with Crippen LogP contribution in [0.4, 0.5) is 16.2 Å². The third-order valence-corrected chi connectivity index (χ3v) is 5.29. The van der Waals surface area contributed by atoms with E-state index in [9.17, 15) is 14.4 Å². The van der Waals surface area contributed by atoms with Crippen LogP contribution in [0.15, 0.2) is 24.3 Å². The molecule has 0 radical (unpaired) electrons. The number of nitrogens with two attached hydrogens (primary N) is 1. The van der Waals surface area contributed by atoms with Gasteiger partial charge in [0.05, 0.1) is 13.2 Å². The van der Waals surface area contributed by atoms with Crippen molar-refractivity contribution >= 4 is 29.2 Å². The van der Waals surface area contributed by atoms with E-state index in [-0.39, 0.29) is 25.1 Å². The lowest BCUT2D eigenvalue weighted by Crippen LogP contribution is -2.52. The van der Waals surface area contributed by atoms with Crippen LogP contribution >= 0.6 is 0 Å². The minimum Gasteiger partial charge on any atom is -0.370 e. The van der Waals surface area contributed by atoms with E-state index in [1.165, 1.54) is 0 Å². The molecule has 1 aromatic rings. The molecule has 0 unspecified atom stereocenters. The van der Waals surface area contributed by atoms with Crippen LogP contribution in [0.5, 0.6) is 0 Å². The Morgan fingerprint density at radius 1 is 1.08 bits per heavy atom. The van der Waals surface area contributed by atoms with E-state index >= 15 is 0 Å². The van der Waals surface area contributed by atoms with Gasteiger partial charge in [0, 0.05) is 24.5 Å². The Labute approximate surface area is 145 Å². The number of hydrogen-bond donors (Lipinski definition) is 1. The van der Waals surface area contributed by atoms with Crippen molar-refractivity contribution in [3.63, 3.8) is 0 Å². The average Bonchev–Trinajstić information content (AvgIpc) is 3.15. The fourth-order valence-electron chi connectivity index (χ4n) is 3.94. The highest BCUT2D eigenvalue weighted by molar-refractivity contribution is 6.03. The van der Waals surface area contributed by atoms with Gasteiger partial charge in [0.15, 0.2) is 0 Å². The third-order valence-electron chi connectivity index (χ3n) is 5.29. The molecular weight excluding hydrogens is 324 g/mol. The Hall–Kier alpha value is -2.61. The molecule has 1 atom stereocenters. The summed E-state index contributed by atoms with van der Waals surface area (Å²) in [4.78, 5) is 41.4. The first-order valence-electron chi connectivity index (χ1n) is 8.40. The molecule has 3 saturated heterocycles. The second-order valence-electron chi connectivity index (χ2n) is 6.63. The number of benzene rings is 1. The highest BCUT2D eigenvalue weighted by Crippen LogP contribution is 2.38. The zero-order valence-electron chi connectivity index (χ0n) is 13.8. The minimum atomic E-state index is -0.893. The maximum absolute atomic E-state index is 12.7. The Morgan fingerprint density at radius 2 is 1.76 bits per heavy atom. The molecule has 2 N–H and O–H groups in total. The molecule has 132 valence electrons. The number of carbonyl (C=O) groups excluding carboxylic acids is 3. The smallest absolute Gasteiger partial charge is 0.325 e. The summed E-state index contributed by atoms with van der Waals surface area (Å²) in [6.07, 6.45) is 1.39. The molecule has 8 nitrogen and oxygen atoms in total. The van der Waals surface area contributed by atoms with Crippen LogP contribution in [0.3, 0.4) is 0 Å². The van der Waals surface area contributed by atoms with Crippen molar-refractivity contribution in [3.05, 3.63) is 24.3 Å². The lowest BCUT2D eigenvalue weighted by atomic mass is 9.96. The standard InChI is InChI=1S/C17H20N4O4/c18-15(23)17-6-1-7-21(17)16(24)20(11-17)13-4-2-12(3-5-13)19-8-9-25-10-14(19)22/h2-5H,1,6-11H2,(H2,18,23)/t17-/m1/s1. The highest BCUT2D eigenvalue weighted by Gasteiger charge is 2.56. The molecule has 8 heteroatoms. The predicted octanol–water partition coefficient (Wildman–Crippen LogP) is 0.310. The maximum Gasteiger partial charge on any atom is 0.325 e. The van der Waals surface area contributed by atoms with Crippen molar-refractivity contribution in [1.29, 1.82) is 0 Å². The largest absolute Gasteiger partial charge is 0.370 e. The van der Waals surface area contributed by atoms with Gasteiger partial charge < -0.3 is 20.3 Å². The zero-order chi connectivity index (χ0) is 17.6. The number of hydrogen-bond acceptors (Lipinski definition) is 4. The van der Waals surface area contributed by atoms with E-state index in [2.05, 4.69) is 0 Å². The van der Waals surface area contributed by atoms with E-state index in [1.54, 1.807) is 26.8 Å². The molecule has 4 amide bonds. The summed E-state index contributed by atoms with van der Waals surface area (Å²) in [5.74, 6) is -0.527. The topological polar surface area (TPSA) is 96.2 Å². The van der Waals surface area contributed by atoms with E-state index in [0.717, 1.165) is 12.1 Å². The number of amides is 4. The lowest BCUT2D eigenvalue weighted by Gasteiger charge is -2.27. The number of primary amides is 1. The first-order chi connectivity index (χ1) is 12.0. The van der Waals surface area contributed by atoms with E-state index in [0.29, 0.717) is 31.8 Å². The summed E-state index contributed by atoms with van der Waals surface area (Å²) in [5.41, 5.74) is 6.18. The summed E-state index contributed by atoms with van der Waals surface area (Å²) in [7, 11) is 0. The van der Waals surface area contributed by atoms with Crippen molar-refractivity contribution in [3.8, 4) is 0 Å². The number of urea groups is 1. The minimum absolute atomic E-state index is 0.0791. The summed E-state index contributed by atoms with van der Waals surface area (Å²) in [5, 5.41) is 0. The van der Waals surface area contributed by atoms with Crippen LogP contribution in [0.25, 0.3) is 0 Å². The lowest BCUT2D eigenvalue weighted by molar-refractivity contribution is -0.126. The molecular formula is C17H20N4O4. The molecule has 1 aromatic carbocycles. The fourth-order valence-corrected chi connectivity index (χ4v) is 3.94. The predicted molar refractivity (Wildman–Crippen MR) is 90.2 cm³/mol. The van der Waals surface area contributed by atoms with Gasteiger partial charge in [-0.25, -0.2) is 4.79 Å². The second kappa shape index (κ2) is 5.73. The molecule has 25 heavy (non-hydrogen) atoms. The summed E-state index contributed by atoms with van der Waals surface area (Å²) >= 11 is 0. The van der Waals surface area contributed by atoms with Crippen LogP contribution in [-0.2, 0) is 14.3 Å². The summed E-state index contributed by atoms with van der Waals surface area (Å²) in [6.45, 7) is 1.94. The quantitative estimate of drug-likeness (QED) is 0.853. The number of fused-ring (bicyclic) bond motifs is 1. The van der Waals surface area contributed by atoms with Gasteiger partial charge in [-0.15, -0.1) is 0 Å². The third kappa shape index (κ3) is 2.36. The van der Waals surface area contributed by atoms with Crippen molar-refractivity contribution in [2.24, 2.45) is 5.73 Å². The number of morpholine rings is 1. The van der Waals surface area contributed by atoms with Crippen LogP contribution < -0.4 is 15.5 Å². The Bertz CT molecular complexity index is 735. The molecule has 0 bridgehead atoms. The van der Waals surface area contributed by atoms with E-state index in [4.69, 9.17) is 10.5 Å². The normalized spacial score (nSPS) is 26.3. The van der Waals surface area contributed by atoms with Gasteiger partial charge >= 0.3 is 6.03 Å². The van der Waals surface area contributed by atoms with Crippen molar-refractivity contribution in [2.75, 3.05) is 42.6 Å². The SMILES string of the molecule is NC(=O)[C@]12CCCN1C(=O)N(c1ccc(N3CCOCC3=O)cc1)C2. The molecule has 3 fully saturated rings. The van der Waals surface area contributed by atoms with E-state index < -0.39 is 11.4 Å². The monoisotopic (exact) mass is 344 g/mol. The van der Waals surface area contributed by atoms with Gasteiger partial charge in [-0.2, -0.15) is 0 Å². The van der Waals surface area contributed by atoms with Gasteiger partial charge in [-0.3, -0.25) is 14.5 Å². The number of rotatable bonds is 3. The molecule has 3 aliphatic rings.